The largest absolute Gasteiger partial charge is 0.461 e. The van der Waals surface area contributed by atoms with Gasteiger partial charge in [0.25, 0.3) is 5.56 Å². The van der Waals surface area contributed by atoms with E-state index < -0.39 is 62.6 Å². The van der Waals surface area contributed by atoms with Crippen molar-refractivity contribution in [3.63, 3.8) is 0 Å². The van der Waals surface area contributed by atoms with Crippen molar-refractivity contribution in [3.8, 4) is 0 Å². The molecule has 0 saturated carbocycles. The zero-order valence-electron chi connectivity index (χ0n) is 17.0. The van der Waals surface area contributed by atoms with Crippen LogP contribution in [0.5, 0.6) is 0 Å². The molecule has 2 rings (SSSR count). The first-order valence-corrected chi connectivity index (χ1v) is 10.2. The van der Waals surface area contributed by atoms with Gasteiger partial charge in [-0.15, -0.1) is 0 Å². The summed E-state index contributed by atoms with van der Waals surface area (Å²) in [6.45, 7) is 5.55. The predicted octanol–water partition coefficient (Wildman–Crippen LogP) is 0.426. The monoisotopic (exact) mass is 450 g/mol. The van der Waals surface area contributed by atoms with Gasteiger partial charge in [-0.3, -0.25) is 24.0 Å². The van der Waals surface area contributed by atoms with Crippen LogP contribution in [0.4, 0.5) is 4.39 Å². The lowest BCUT2D eigenvalue weighted by Crippen LogP contribution is -2.44. The van der Waals surface area contributed by atoms with E-state index in [9.17, 15) is 24.1 Å². The van der Waals surface area contributed by atoms with Gasteiger partial charge in [0.1, 0.15) is 18.8 Å². The highest BCUT2D eigenvalue weighted by Crippen LogP contribution is 2.40. The summed E-state index contributed by atoms with van der Waals surface area (Å²) in [6, 6.07) is -0.00943. The second-order valence-electron chi connectivity index (χ2n) is 7.18. The van der Waals surface area contributed by atoms with Crippen LogP contribution in [0.2, 0.25) is 0 Å². The van der Waals surface area contributed by atoms with Crippen LogP contribution in [0.15, 0.2) is 21.9 Å². The lowest BCUT2D eigenvalue weighted by Gasteiger charge is -2.24. The van der Waals surface area contributed by atoms with E-state index in [0.717, 1.165) is 28.6 Å². The second-order valence-corrected chi connectivity index (χ2v) is 7.81. The van der Waals surface area contributed by atoms with Crippen molar-refractivity contribution in [1.29, 1.82) is 0 Å². The summed E-state index contributed by atoms with van der Waals surface area (Å²) in [5, 5.41) is 10.3. The van der Waals surface area contributed by atoms with Gasteiger partial charge < -0.3 is 14.6 Å². The summed E-state index contributed by atoms with van der Waals surface area (Å²) in [5.74, 6) is -0.659. The van der Waals surface area contributed by atoms with E-state index in [1.165, 1.54) is 6.92 Å². The highest BCUT2D eigenvalue weighted by atomic mass is 31.1. The average molecular weight is 450 g/mol. The molecule has 2 N–H and O–H groups in total. The molecule has 3 unspecified atom stereocenters. The molecule has 0 amide bonds. The van der Waals surface area contributed by atoms with Gasteiger partial charge in [0.15, 0.2) is 17.9 Å². The summed E-state index contributed by atoms with van der Waals surface area (Å²) < 4.78 is 38.0. The number of rotatable bonds is 9. The minimum atomic E-state index is -2.40. The molecule has 2 heterocycles. The van der Waals surface area contributed by atoms with Crippen LogP contribution in [-0.2, 0) is 23.7 Å². The Morgan fingerprint density at radius 3 is 2.73 bits per heavy atom. The highest BCUT2D eigenvalue weighted by Gasteiger charge is 2.55. The summed E-state index contributed by atoms with van der Waals surface area (Å²) in [6.07, 6.45) is -3.18. The Morgan fingerprint density at radius 2 is 2.17 bits per heavy atom. The third kappa shape index (κ3) is 5.19. The zero-order valence-corrected chi connectivity index (χ0v) is 18.0. The molecule has 1 saturated heterocycles. The van der Waals surface area contributed by atoms with E-state index in [0.29, 0.717) is 6.42 Å². The number of carbonyl (C=O) groups excluding carboxylic acids is 1. The fourth-order valence-corrected chi connectivity index (χ4v) is 3.20. The van der Waals surface area contributed by atoms with Gasteiger partial charge >= 0.3 is 20.3 Å². The van der Waals surface area contributed by atoms with Crippen LogP contribution in [-0.4, -0.2) is 62.1 Å². The maximum Gasteiger partial charge on any atom is 0.447 e. The van der Waals surface area contributed by atoms with Gasteiger partial charge in [-0.1, -0.05) is 11.5 Å². The van der Waals surface area contributed by atoms with E-state index >= 15 is 4.39 Å². The fourth-order valence-electron chi connectivity index (χ4n) is 2.81. The van der Waals surface area contributed by atoms with Crippen molar-refractivity contribution < 1.29 is 33.2 Å². The van der Waals surface area contributed by atoms with Gasteiger partial charge in [-0.05, 0) is 27.2 Å². The molecular weight excluding hydrogens is 424 g/mol. The Bertz CT molecular complexity index is 875. The number of hydrogen-bond donors (Lipinski definition) is 2. The molecule has 1 fully saturated rings. The standard InChI is InChI=1S/C17H25FN3O8P/c1-5-9(2)28-14(24)10(3)21(30-26)27-8-11-13(23)17(4,18)15(29-11)20-7-6-12(22)19-16(20)25/h6-7,9-11,13,15,23H,5,8H2,1-4H3,(H,19,22,25)/p+1/t9?,10?,11-,13-,15-,17-/m1/s1. The van der Waals surface area contributed by atoms with Crippen LogP contribution in [0.1, 0.15) is 40.3 Å². The van der Waals surface area contributed by atoms with Crippen LogP contribution in [0.25, 0.3) is 0 Å². The number of aromatic nitrogens is 2. The Morgan fingerprint density at radius 1 is 1.50 bits per heavy atom. The number of halogens is 1. The molecule has 1 aromatic rings. The molecule has 0 bridgehead atoms. The maximum atomic E-state index is 15.1. The number of hydrogen-bond acceptors (Lipinski definition) is 8. The minimum Gasteiger partial charge on any atom is -0.461 e. The minimum absolute atomic E-state index is 0.333. The summed E-state index contributed by atoms with van der Waals surface area (Å²) in [7, 11) is -1.18. The Balaban J connectivity index is 2.09. The molecule has 11 nitrogen and oxygen atoms in total. The summed E-state index contributed by atoms with van der Waals surface area (Å²) in [5.41, 5.74) is -3.98. The van der Waals surface area contributed by atoms with Gasteiger partial charge in [-0.25, -0.2) is 9.18 Å². The number of aliphatic hydroxyl groups is 1. The topological polar surface area (TPSA) is 140 Å². The number of alkyl halides is 1. The highest BCUT2D eigenvalue weighted by molar-refractivity contribution is 7.20. The Hall–Kier alpha value is -1.98. The molecule has 7 atom stereocenters. The van der Waals surface area contributed by atoms with Crippen LogP contribution >= 0.6 is 8.61 Å². The Kier molecular flexibility index (Phi) is 8.00. The summed E-state index contributed by atoms with van der Waals surface area (Å²) >= 11 is 0. The average Bonchev–Trinajstić information content (AvgIpc) is 2.91. The smallest absolute Gasteiger partial charge is 0.447 e. The number of aromatic amines is 1. The number of ether oxygens (including phenoxy) is 2. The lowest BCUT2D eigenvalue weighted by atomic mass is 9.98. The number of nitrogens with one attached hydrogen (secondary N) is 1. The number of carbonyl (C=O) groups is 1. The molecule has 30 heavy (non-hydrogen) atoms. The van der Waals surface area contributed by atoms with Crippen LogP contribution in [0.3, 0.4) is 0 Å². The van der Waals surface area contributed by atoms with Crippen molar-refractivity contribution in [1.82, 2.24) is 14.4 Å². The van der Waals surface area contributed by atoms with Crippen molar-refractivity contribution in [3.05, 3.63) is 33.1 Å². The van der Waals surface area contributed by atoms with Crippen molar-refractivity contribution in [2.45, 2.75) is 70.4 Å². The van der Waals surface area contributed by atoms with E-state index in [4.69, 9.17) is 14.3 Å². The SMILES string of the molecule is CCC(C)OC(=O)C(C)N(OC[C@H]1O[C@@H](n2ccc(=O)[nH]c2=O)[C@](C)(F)[C@@H]1O)[PH+]=O. The molecule has 0 aromatic carbocycles. The van der Waals surface area contributed by atoms with E-state index in [-0.39, 0.29) is 6.10 Å². The third-order valence-electron chi connectivity index (χ3n) is 4.87. The first-order chi connectivity index (χ1) is 14.0. The van der Waals surface area contributed by atoms with Crippen LogP contribution < -0.4 is 11.2 Å². The van der Waals surface area contributed by atoms with E-state index in [2.05, 4.69) is 0 Å². The van der Waals surface area contributed by atoms with E-state index in [1.807, 2.05) is 11.9 Å². The van der Waals surface area contributed by atoms with Crippen molar-refractivity contribution in [2.24, 2.45) is 0 Å². The predicted molar refractivity (Wildman–Crippen MR) is 103 cm³/mol. The molecule has 13 heteroatoms. The molecule has 1 aliphatic heterocycles. The first kappa shape index (κ1) is 24.3. The van der Waals surface area contributed by atoms with Gasteiger partial charge in [0, 0.05) is 17.1 Å². The molecule has 1 aromatic heterocycles. The number of H-pyrrole nitrogens is 1. The second kappa shape index (κ2) is 9.88. The maximum absolute atomic E-state index is 15.1. The summed E-state index contributed by atoms with van der Waals surface area (Å²) in [4.78, 5) is 43.4. The zero-order chi connectivity index (χ0) is 22.6. The number of hydroxylamine groups is 1. The van der Waals surface area contributed by atoms with E-state index in [1.54, 1.807) is 6.92 Å². The van der Waals surface area contributed by atoms with Gasteiger partial charge in [-0.2, -0.15) is 0 Å². The van der Waals surface area contributed by atoms with Crippen LogP contribution in [0, 0.1) is 0 Å². The lowest BCUT2D eigenvalue weighted by molar-refractivity contribution is -0.180. The first-order valence-electron chi connectivity index (χ1n) is 9.37. The molecule has 0 radical (unpaired) electrons. The number of nitrogens with zero attached hydrogens (tertiary/aromatic N) is 2. The fraction of sp³-hybridized carbons (Fsp3) is 0.706. The van der Waals surface area contributed by atoms with Gasteiger partial charge in [0.05, 0.1) is 6.10 Å². The van der Waals surface area contributed by atoms with Crippen molar-refractivity contribution in [2.75, 3.05) is 6.61 Å². The molecule has 1 aliphatic rings. The third-order valence-corrected chi connectivity index (χ3v) is 5.57. The molecular formula is C17H26FN3O8P+. The Labute approximate surface area is 172 Å². The number of aliphatic hydroxyl groups excluding tert-OH is 1. The normalized spacial score (nSPS) is 28.6. The van der Waals surface area contributed by atoms with Gasteiger partial charge in [0.2, 0.25) is 0 Å². The number of esters is 1. The molecule has 0 aliphatic carbocycles. The molecule has 0 spiro atoms. The molecule has 168 valence electrons. The van der Waals surface area contributed by atoms with Crippen molar-refractivity contribution >= 4 is 14.6 Å². The quantitative estimate of drug-likeness (QED) is 0.311.